The summed E-state index contributed by atoms with van der Waals surface area (Å²) in [6.45, 7) is 2.38. The predicted molar refractivity (Wildman–Crippen MR) is 62.0 cm³/mol. The lowest BCUT2D eigenvalue weighted by atomic mass is 9.77. The molecule has 0 fully saturated rings. The molecule has 1 heterocycles. The van der Waals surface area contributed by atoms with Crippen LogP contribution in [0.25, 0.3) is 0 Å². The molecule has 0 spiro atoms. The summed E-state index contributed by atoms with van der Waals surface area (Å²) in [7, 11) is 0. The van der Waals surface area contributed by atoms with Crippen LogP contribution in [0, 0.1) is 0 Å². The lowest BCUT2D eigenvalue weighted by Gasteiger charge is -2.40. The summed E-state index contributed by atoms with van der Waals surface area (Å²) < 4.78 is 5.03. The molecule has 3 atom stereocenters. The van der Waals surface area contributed by atoms with Crippen molar-refractivity contribution in [1.82, 2.24) is 0 Å². The predicted octanol–water partition coefficient (Wildman–Crippen LogP) is -1.51. The van der Waals surface area contributed by atoms with Crippen molar-refractivity contribution in [3.63, 3.8) is 0 Å². The molecular formula is C12H16O7. The molecule has 0 saturated carbocycles. The van der Waals surface area contributed by atoms with E-state index < -0.39 is 53.1 Å². The lowest BCUT2D eigenvalue weighted by molar-refractivity contribution is -0.169. The molecule has 7 heteroatoms. The van der Waals surface area contributed by atoms with E-state index in [1.54, 1.807) is 0 Å². The minimum Gasteiger partial charge on any atom is -0.481 e. The Morgan fingerprint density at radius 3 is 2.05 bits per heavy atom. The molecule has 1 aliphatic heterocycles. The molecule has 106 valence electrons. The molecule has 0 amide bonds. The van der Waals surface area contributed by atoms with Gasteiger partial charge in [-0.3, -0.25) is 14.4 Å². The van der Waals surface area contributed by atoms with Crippen LogP contribution in [0.3, 0.4) is 0 Å². The molecular weight excluding hydrogens is 256 g/mol. The third-order valence-electron chi connectivity index (χ3n) is 3.05. The fraction of sp³-hybridized carbons (Fsp3) is 0.583. The number of hydrogen-bond donors (Lipinski definition) is 3. The second-order valence-electron chi connectivity index (χ2n) is 4.42. The van der Waals surface area contributed by atoms with Crippen LogP contribution >= 0.6 is 0 Å². The Balaban J connectivity index is 3.61. The molecule has 0 aliphatic carbocycles. The summed E-state index contributed by atoms with van der Waals surface area (Å²) in [6, 6.07) is 0. The highest BCUT2D eigenvalue weighted by Crippen LogP contribution is 2.35. The van der Waals surface area contributed by atoms with E-state index in [0.29, 0.717) is 0 Å². The molecule has 1 aliphatic rings. The molecule has 0 aromatic heterocycles. The van der Waals surface area contributed by atoms with Crippen LogP contribution in [0.4, 0.5) is 0 Å². The Morgan fingerprint density at radius 2 is 1.74 bits per heavy atom. The normalized spacial score (nSPS) is 30.8. The maximum atomic E-state index is 11.6. The van der Waals surface area contributed by atoms with Gasteiger partial charge in [0.25, 0.3) is 0 Å². The Morgan fingerprint density at radius 1 is 1.21 bits per heavy atom. The highest BCUT2D eigenvalue weighted by atomic mass is 16.5. The van der Waals surface area contributed by atoms with E-state index in [-0.39, 0.29) is 0 Å². The van der Waals surface area contributed by atoms with Crippen LogP contribution in [-0.4, -0.2) is 57.1 Å². The first-order chi connectivity index (χ1) is 8.67. The zero-order valence-electron chi connectivity index (χ0n) is 10.8. The van der Waals surface area contributed by atoms with E-state index in [1.165, 1.54) is 0 Å². The van der Waals surface area contributed by atoms with Gasteiger partial charge in [0.1, 0.15) is 6.10 Å². The van der Waals surface area contributed by atoms with Crippen molar-refractivity contribution in [2.45, 2.75) is 38.6 Å². The highest BCUT2D eigenvalue weighted by Gasteiger charge is 2.55. The number of hydrogen-bond acceptors (Lipinski definition) is 7. The van der Waals surface area contributed by atoms with Crippen molar-refractivity contribution in [1.29, 1.82) is 0 Å². The zero-order chi connectivity index (χ0) is 15.0. The average molecular weight is 272 g/mol. The number of ether oxygens (including phenoxy) is 1. The van der Waals surface area contributed by atoms with Gasteiger partial charge in [-0.1, -0.05) is 0 Å². The largest absolute Gasteiger partial charge is 0.481 e. The van der Waals surface area contributed by atoms with Gasteiger partial charge in [-0.05, 0) is 13.8 Å². The number of carbonyl (C=O) groups is 3. The van der Waals surface area contributed by atoms with Crippen LogP contribution < -0.4 is 0 Å². The van der Waals surface area contributed by atoms with Gasteiger partial charge in [0.05, 0.1) is 12.2 Å². The summed E-state index contributed by atoms with van der Waals surface area (Å²) in [5.74, 6) is -2.87. The third-order valence-corrected chi connectivity index (χ3v) is 3.05. The van der Waals surface area contributed by atoms with Gasteiger partial charge >= 0.3 is 0 Å². The van der Waals surface area contributed by atoms with Crippen molar-refractivity contribution in [3.8, 4) is 0 Å². The van der Waals surface area contributed by atoms with E-state index in [1.807, 2.05) is 0 Å². The van der Waals surface area contributed by atoms with Crippen molar-refractivity contribution in [2.24, 2.45) is 0 Å². The molecule has 0 aromatic rings. The van der Waals surface area contributed by atoms with Crippen molar-refractivity contribution < 1.29 is 34.4 Å². The number of allylic oxidation sites excluding steroid dienone is 1. The van der Waals surface area contributed by atoms with E-state index in [4.69, 9.17) is 9.84 Å². The highest BCUT2D eigenvalue weighted by molar-refractivity contribution is 6.10. The molecule has 3 N–H and O–H groups in total. The maximum absolute atomic E-state index is 11.6. The van der Waals surface area contributed by atoms with Gasteiger partial charge in [-0.2, -0.15) is 0 Å². The third kappa shape index (κ3) is 2.32. The molecule has 7 nitrogen and oxygen atoms in total. The first-order valence-corrected chi connectivity index (χ1v) is 5.63. The van der Waals surface area contributed by atoms with Gasteiger partial charge in [0.2, 0.25) is 0 Å². The number of carbonyl (C=O) groups excluding carboxylic acids is 3. The maximum Gasteiger partial charge on any atom is 0.194 e. The van der Waals surface area contributed by atoms with E-state index >= 15 is 0 Å². The minimum atomic E-state index is -2.56. The van der Waals surface area contributed by atoms with Crippen LogP contribution in [-0.2, 0) is 19.1 Å². The molecule has 1 rings (SSSR count). The first kappa shape index (κ1) is 15.5. The van der Waals surface area contributed by atoms with E-state index in [9.17, 15) is 24.6 Å². The van der Waals surface area contributed by atoms with E-state index in [0.717, 1.165) is 20.8 Å². The standard InChI is InChI=1S/C12H16O7/c1-5(14)9-10(6(2)15)19-8(4-13)11(17)12(9,18)7(3)16/h8,11,13,17-18H,4H2,1-3H3/t8-,11+,12-/m0/s1. The Labute approximate surface area is 109 Å². The summed E-state index contributed by atoms with van der Waals surface area (Å²) in [5.41, 5.74) is -3.14. The fourth-order valence-electron chi connectivity index (χ4n) is 2.07. The van der Waals surface area contributed by atoms with Crippen LogP contribution in [0.2, 0.25) is 0 Å². The smallest absolute Gasteiger partial charge is 0.194 e. The number of aliphatic hydroxyl groups is 3. The molecule has 0 unspecified atom stereocenters. The average Bonchev–Trinajstić information content (AvgIpc) is 2.30. The topological polar surface area (TPSA) is 121 Å². The van der Waals surface area contributed by atoms with Crippen LogP contribution in [0.5, 0.6) is 0 Å². The molecule has 0 saturated heterocycles. The summed E-state index contributed by atoms with van der Waals surface area (Å²) >= 11 is 0. The molecule has 0 aromatic carbocycles. The number of Topliss-reactive ketones (excluding diaryl/α,β-unsaturated/α-hetero) is 3. The van der Waals surface area contributed by atoms with Crippen LogP contribution in [0.15, 0.2) is 11.3 Å². The van der Waals surface area contributed by atoms with Crippen molar-refractivity contribution >= 4 is 17.3 Å². The van der Waals surface area contributed by atoms with E-state index in [2.05, 4.69) is 0 Å². The lowest BCUT2D eigenvalue weighted by Crippen LogP contribution is -2.61. The zero-order valence-corrected chi connectivity index (χ0v) is 10.8. The van der Waals surface area contributed by atoms with Crippen molar-refractivity contribution in [2.75, 3.05) is 6.61 Å². The Hall–Kier alpha value is -1.57. The monoisotopic (exact) mass is 272 g/mol. The van der Waals surface area contributed by atoms with Gasteiger partial charge in [-0.15, -0.1) is 0 Å². The van der Waals surface area contributed by atoms with Crippen molar-refractivity contribution in [3.05, 3.63) is 11.3 Å². The molecule has 19 heavy (non-hydrogen) atoms. The van der Waals surface area contributed by atoms with Gasteiger partial charge in [0.15, 0.2) is 34.8 Å². The summed E-state index contributed by atoms with van der Waals surface area (Å²) in [4.78, 5) is 34.7. The Kier molecular flexibility index (Phi) is 4.24. The SMILES string of the molecule is CC(=O)C1=C(C(C)=O)[C@@](O)(C(C)=O)[C@H](O)[C@H](CO)O1. The molecule has 0 radical (unpaired) electrons. The number of aliphatic hydroxyl groups excluding tert-OH is 2. The summed E-state index contributed by atoms with van der Waals surface area (Å²) in [6.07, 6.45) is -3.20. The molecule has 0 bridgehead atoms. The van der Waals surface area contributed by atoms with Crippen LogP contribution in [0.1, 0.15) is 20.8 Å². The van der Waals surface area contributed by atoms with Gasteiger partial charge in [-0.25, -0.2) is 0 Å². The second kappa shape index (κ2) is 5.20. The fourth-order valence-corrected chi connectivity index (χ4v) is 2.07. The van der Waals surface area contributed by atoms with Gasteiger partial charge < -0.3 is 20.1 Å². The quantitative estimate of drug-likeness (QED) is 0.569. The number of ketones is 3. The summed E-state index contributed by atoms with van der Waals surface area (Å²) in [5, 5.41) is 29.3. The Bertz CT molecular complexity index is 465. The van der Waals surface area contributed by atoms with Gasteiger partial charge in [0, 0.05) is 6.92 Å². The number of rotatable bonds is 4. The second-order valence-corrected chi connectivity index (χ2v) is 4.42. The first-order valence-electron chi connectivity index (χ1n) is 5.63. The minimum absolute atomic E-state index is 0.505.